The molecular formula is C19H17BrFN5O2. The Morgan fingerprint density at radius 1 is 1.25 bits per heavy atom. The van der Waals surface area contributed by atoms with Gasteiger partial charge in [0.05, 0.1) is 34.2 Å². The highest BCUT2D eigenvalue weighted by atomic mass is 79.9. The maximum atomic E-state index is 13.9. The molecule has 0 aliphatic carbocycles. The summed E-state index contributed by atoms with van der Waals surface area (Å²) in [6.45, 7) is 2.57. The average Bonchev–Trinajstić information content (AvgIpc) is 3.11. The smallest absolute Gasteiger partial charge is 0.262 e. The third-order valence-corrected chi connectivity index (χ3v) is 5.02. The van der Waals surface area contributed by atoms with E-state index >= 15 is 0 Å². The minimum atomic E-state index is -0.392. The predicted octanol–water partition coefficient (Wildman–Crippen LogP) is 3.49. The van der Waals surface area contributed by atoms with Gasteiger partial charge in [0.25, 0.3) is 5.56 Å². The molecule has 7 nitrogen and oxygen atoms in total. The van der Waals surface area contributed by atoms with Gasteiger partial charge in [-0.25, -0.2) is 4.39 Å². The molecule has 0 spiro atoms. The molecule has 144 valence electrons. The summed E-state index contributed by atoms with van der Waals surface area (Å²) in [7, 11) is 1.66. The van der Waals surface area contributed by atoms with Crippen molar-refractivity contribution in [2.75, 3.05) is 11.9 Å². The molecule has 4 aromatic rings. The second-order valence-electron chi connectivity index (χ2n) is 6.18. The monoisotopic (exact) mass is 445 g/mol. The Morgan fingerprint density at radius 2 is 2.04 bits per heavy atom. The number of rotatable bonds is 5. The number of fused-ring (bicyclic) bond motifs is 3. The minimum absolute atomic E-state index is 0.136. The standard InChI is InChI=1S/C19H17BrFN5O2/c1-3-28-17-13(20)8-11(21)9-14(17)22-10-16-23-24-19-25(2)18(27)12-6-4-5-7-15(12)26(16)19/h4-9,22H,3,10H2,1-2H3. The number of nitrogens with one attached hydrogen (secondary N) is 1. The molecule has 0 radical (unpaired) electrons. The first-order chi connectivity index (χ1) is 13.5. The molecular weight excluding hydrogens is 429 g/mol. The van der Waals surface area contributed by atoms with E-state index in [9.17, 15) is 9.18 Å². The van der Waals surface area contributed by atoms with Crippen molar-refractivity contribution in [3.05, 3.63) is 62.9 Å². The molecule has 0 amide bonds. The molecule has 1 N–H and O–H groups in total. The number of hydrogen-bond donors (Lipinski definition) is 1. The highest BCUT2D eigenvalue weighted by Gasteiger charge is 2.16. The van der Waals surface area contributed by atoms with Crippen LogP contribution in [0.4, 0.5) is 10.1 Å². The van der Waals surface area contributed by atoms with Crippen molar-refractivity contribution in [2.24, 2.45) is 7.05 Å². The maximum absolute atomic E-state index is 13.9. The van der Waals surface area contributed by atoms with Gasteiger partial charge in [-0.05, 0) is 41.1 Å². The van der Waals surface area contributed by atoms with E-state index in [-0.39, 0.29) is 12.1 Å². The van der Waals surface area contributed by atoms with Crippen LogP contribution in [0.2, 0.25) is 0 Å². The summed E-state index contributed by atoms with van der Waals surface area (Å²) in [5, 5.41) is 12.1. The van der Waals surface area contributed by atoms with Crippen LogP contribution in [0.3, 0.4) is 0 Å². The zero-order chi connectivity index (χ0) is 19.8. The van der Waals surface area contributed by atoms with Gasteiger partial charge in [-0.1, -0.05) is 12.1 Å². The summed E-state index contributed by atoms with van der Waals surface area (Å²) in [4.78, 5) is 12.5. The maximum Gasteiger partial charge on any atom is 0.262 e. The molecule has 0 saturated carbocycles. The third kappa shape index (κ3) is 3.01. The molecule has 0 atom stereocenters. The fourth-order valence-corrected chi connectivity index (χ4v) is 3.71. The molecule has 0 fully saturated rings. The van der Waals surface area contributed by atoms with Crippen LogP contribution in [0.5, 0.6) is 5.75 Å². The van der Waals surface area contributed by atoms with Gasteiger partial charge in [-0.2, -0.15) is 0 Å². The lowest BCUT2D eigenvalue weighted by Crippen LogP contribution is -2.20. The zero-order valence-corrected chi connectivity index (χ0v) is 16.8. The summed E-state index contributed by atoms with van der Waals surface area (Å²) in [6, 6.07) is 10.0. The predicted molar refractivity (Wildman–Crippen MR) is 108 cm³/mol. The van der Waals surface area contributed by atoms with E-state index in [4.69, 9.17) is 4.74 Å². The molecule has 2 heterocycles. The van der Waals surface area contributed by atoms with Crippen molar-refractivity contribution in [3.8, 4) is 5.75 Å². The molecule has 2 aromatic heterocycles. The van der Waals surface area contributed by atoms with Crippen molar-refractivity contribution < 1.29 is 9.13 Å². The Labute approximate surface area is 167 Å². The lowest BCUT2D eigenvalue weighted by atomic mass is 10.2. The second-order valence-corrected chi connectivity index (χ2v) is 7.04. The number of aromatic nitrogens is 4. The van der Waals surface area contributed by atoms with E-state index in [0.717, 1.165) is 0 Å². The molecule has 4 rings (SSSR count). The van der Waals surface area contributed by atoms with Gasteiger partial charge in [0, 0.05) is 13.1 Å². The Hall–Kier alpha value is -2.94. The number of hydrogen-bond acceptors (Lipinski definition) is 5. The van der Waals surface area contributed by atoms with Crippen LogP contribution >= 0.6 is 15.9 Å². The van der Waals surface area contributed by atoms with Gasteiger partial charge in [-0.3, -0.25) is 13.8 Å². The molecule has 0 aliphatic rings. The van der Waals surface area contributed by atoms with Gasteiger partial charge in [0.1, 0.15) is 5.82 Å². The molecule has 0 unspecified atom stereocenters. The summed E-state index contributed by atoms with van der Waals surface area (Å²) in [5.74, 6) is 1.15. The van der Waals surface area contributed by atoms with Crippen molar-refractivity contribution in [3.63, 3.8) is 0 Å². The fraction of sp³-hybridized carbons (Fsp3) is 0.211. The zero-order valence-electron chi connectivity index (χ0n) is 15.2. The molecule has 9 heteroatoms. The fourth-order valence-electron chi connectivity index (χ4n) is 3.16. The number of para-hydroxylation sites is 1. The minimum Gasteiger partial charge on any atom is -0.491 e. The van der Waals surface area contributed by atoms with Crippen LogP contribution < -0.4 is 15.6 Å². The normalized spacial score (nSPS) is 11.3. The van der Waals surface area contributed by atoms with Gasteiger partial charge in [0.15, 0.2) is 11.6 Å². The number of ether oxygens (including phenoxy) is 1. The SMILES string of the molecule is CCOc1c(Br)cc(F)cc1NCc1nnc2n(C)c(=O)c3ccccc3n12. The highest BCUT2D eigenvalue weighted by molar-refractivity contribution is 9.10. The van der Waals surface area contributed by atoms with Crippen LogP contribution in [0.15, 0.2) is 45.7 Å². The lowest BCUT2D eigenvalue weighted by molar-refractivity contribution is 0.339. The van der Waals surface area contributed by atoms with Crippen LogP contribution in [0, 0.1) is 5.82 Å². The summed E-state index contributed by atoms with van der Waals surface area (Å²) >= 11 is 3.33. The average molecular weight is 446 g/mol. The van der Waals surface area contributed by atoms with Crippen molar-refractivity contribution in [1.29, 1.82) is 0 Å². The van der Waals surface area contributed by atoms with Gasteiger partial charge < -0.3 is 10.1 Å². The van der Waals surface area contributed by atoms with Crippen LogP contribution in [0.25, 0.3) is 16.7 Å². The van der Waals surface area contributed by atoms with E-state index in [1.807, 2.05) is 29.5 Å². The van der Waals surface area contributed by atoms with Crippen molar-refractivity contribution in [1.82, 2.24) is 19.2 Å². The largest absolute Gasteiger partial charge is 0.491 e. The summed E-state index contributed by atoms with van der Waals surface area (Å²) in [6.07, 6.45) is 0. The van der Waals surface area contributed by atoms with E-state index in [1.54, 1.807) is 13.1 Å². The first-order valence-corrected chi connectivity index (χ1v) is 9.48. The molecule has 0 aliphatic heterocycles. The van der Waals surface area contributed by atoms with Crippen LogP contribution in [0.1, 0.15) is 12.7 Å². The number of nitrogens with zero attached hydrogens (tertiary/aromatic N) is 4. The Balaban J connectivity index is 1.80. The Morgan fingerprint density at radius 3 is 2.82 bits per heavy atom. The quantitative estimate of drug-likeness (QED) is 0.508. The Bertz CT molecular complexity index is 1250. The van der Waals surface area contributed by atoms with Crippen LogP contribution in [-0.2, 0) is 13.6 Å². The molecule has 0 saturated heterocycles. The number of benzene rings is 2. The first kappa shape index (κ1) is 18.4. The third-order valence-electron chi connectivity index (χ3n) is 4.43. The van der Waals surface area contributed by atoms with Crippen LogP contribution in [-0.4, -0.2) is 25.8 Å². The van der Waals surface area contributed by atoms with E-state index in [1.165, 1.54) is 16.7 Å². The van der Waals surface area contributed by atoms with E-state index < -0.39 is 5.82 Å². The Kier molecular flexibility index (Phi) is 4.76. The van der Waals surface area contributed by atoms with Gasteiger partial charge >= 0.3 is 0 Å². The lowest BCUT2D eigenvalue weighted by Gasteiger charge is -2.14. The van der Waals surface area contributed by atoms with E-state index in [0.29, 0.717) is 45.0 Å². The molecule has 28 heavy (non-hydrogen) atoms. The molecule has 2 aromatic carbocycles. The summed E-state index contributed by atoms with van der Waals surface area (Å²) < 4.78 is 23.3. The first-order valence-electron chi connectivity index (χ1n) is 8.68. The van der Waals surface area contributed by atoms with Gasteiger partial charge in [0.2, 0.25) is 5.78 Å². The summed E-state index contributed by atoms with van der Waals surface area (Å²) in [5.41, 5.74) is 1.08. The van der Waals surface area contributed by atoms with Crippen molar-refractivity contribution in [2.45, 2.75) is 13.5 Å². The molecule has 0 bridgehead atoms. The second kappa shape index (κ2) is 7.23. The number of halogens is 2. The number of aryl methyl sites for hydroxylation is 1. The number of anilines is 1. The van der Waals surface area contributed by atoms with Crippen molar-refractivity contribution >= 4 is 38.3 Å². The van der Waals surface area contributed by atoms with E-state index in [2.05, 4.69) is 31.4 Å². The van der Waals surface area contributed by atoms with Gasteiger partial charge in [-0.15, -0.1) is 10.2 Å². The highest BCUT2D eigenvalue weighted by Crippen LogP contribution is 2.34. The topological polar surface area (TPSA) is 73.4 Å².